The fourth-order valence-corrected chi connectivity index (χ4v) is 2.28. The van der Waals surface area contributed by atoms with Crippen molar-refractivity contribution in [1.82, 2.24) is 0 Å². The summed E-state index contributed by atoms with van der Waals surface area (Å²) in [5, 5.41) is 2.95. The Morgan fingerprint density at radius 2 is 1.89 bits per heavy atom. The van der Waals surface area contributed by atoms with E-state index >= 15 is 0 Å². The maximum Gasteiger partial charge on any atom is 0.255 e. The van der Waals surface area contributed by atoms with Crippen molar-refractivity contribution in [2.45, 2.75) is 11.8 Å². The highest BCUT2D eigenvalue weighted by atomic mass is 32.2. The molecule has 0 spiro atoms. The van der Waals surface area contributed by atoms with Gasteiger partial charge >= 0.3 is 0 Å². The first-order valence-electron chi connectivity index (χ1n) is 5.72. The highest BCUT2D eigenvalue weighted by Crippen LogP contribution is 2.25. The van der Waals surface area contributed by atoms with Crippen LogP contribution in [0.1, 0.15) is 15.9 Å². The molecule has 0 saturated carbocycles. The number of hydrogen-bond donors (Lipinski definition) is 1. The Morgan fingerprint density at radius 1 is 1.11 bits per heavy atom. The minimum atomic E-state index is -0.0693. The zero-order valence-electron chi connectivity index (χ0n) is 10.4. The van der Waals surface area contributed by atoms with E-state index in [-0.39, 0.29) is 5.91 Å². The van der Waals surface area contributed by atoms with Gasteiger partial charge in [-0.15, -0.1) is 11.8 Å². The van der Waals surface area contributed by atoms with Crippen molar-refractivity contribution in [2.24, 2.45) is 0 Å². The summed E-state index contributed by atoms with van der Waals surface area (Å²) in [7, 11) is 0. The fraction of sp³-hybridized carbons (Fsp3) is 0.133. The molecule has 0 aromatic heterocycles. The van der Waals surface area contributed by atoms with E-state index in [1.165, 1.54) is 0 Å². The van der Waals surface area contributed by atoms with Gasteiger partial charge in [0.15, 0.2) is 0 Å². The maximum absolute atomic E-state index is 12.1. The summed E-state index contributed by atoms with van der Waals surface area (Å²) in [5.74, 6) is -0.0693. The van der Waals surface area contributed by atoms with Crippen LogP contribution in [-0.4, -0.2) is 12.2 Å². The zero-order valence-corrected chi connectivity index (χ0v) is 11.3. The molecule has 2 aromatic rings. The quantitative estimate of drug-likeness (QED) is 0.843. The van der Waals surface area contributed by atoms with Crippen molar-refractivity contribution in [1.29, 1.82) is 0 Å². The van der Waals surface area contributed by atoms with Crippen LogP contribution < -0.4 is 5.32 Å². The van der Waals surface area contributed by atoms with Gasteiger partial charge < -0.3 is 5.32 Å². The molecule has 0 heterocycles. The third-order valence-electron chi connectivity index (χ3n) is 2.64. The number of carbonyl (C=O) groups is 1. The number of carbonyl (C=O) groups excluding carboxylic acids is 1. The second-order valence-electron chi connectivity index (χ2n) is 4.02. The molecule has 0 radical (unpaired) electrons. The van der Waals surface area contributed by atoms with Crippen LogP contribution in [0.2, 0.25) is 0 Å². The molecule has 0 bridgehead atoms. The van der Waals surface area contributed by atoms with Crippen LogP contribution >= 0.6 is 11.8 Å². The summed E-state index contributed by atoms with van der Waals surface area (Å²) in [5.41, 5.74) is 2.63. The average Bonchev–Trinajstić information content (AvgIpc) is 2.39. The van der Waals surface area contributed by atoms with E-state index < -0.39 is 0 Å². The summed E-state index contributed by atoms with van der Waals surface area (Å²) in [6.45, 7) is 1.98. The molecule has 2 rings (SSSR count). The van der Waals surface area contributed by atoms with Gasteiger partial charge in [-0.25, -0.2) is 0 Å². The molecule has 1 N–H and O–H groups in total. The normalized spacial score (nSPS) is 10.1. The van der Waals surface area contributed by atoms with Gasteiger partial charge in [0, 0.05) is 10.5 Å². The van der Waals surface area contributed by atoms with Gasteiger partial charge in [0.05, 0.1) is 5.69 Å². The van der Waals surface area contributed by atoms with Crippen molar-refractivity contribution in [2.75, 3.05) is 11.6 Å². The Labute approximate surface area is 111 Å². The number of amides is 1. The first-order valence-corrected chi connectivity index (χ1v) is 6.94. The van der Waals surface area contributed by atoms with Crippen molar-refractivity contribution >= 4 is 23.4 Å². The highest BCUT2D eigenvalue weighted by Gasteiger charge is 2.08. The minimum absolute atomic E-state index is 0.0693. The Hall–Kier alpha value is -1.74. The van der Waals surface area contributed by atoms with Gasteiger partial charge in [0.25, 0.3) is 5.91 Å². The van der Waals surface area contributed by atoms with E-state index in [9.17, 15) is 4.79 Å². The Morgan fingerprint density at radius 3 is 2.61 bits per heavy atom. The average molecular weight is 257 g/mol. The second kappa shape index (κ2) is 5.74. The molecule has 1 amide bonds. The lowest BCUT2D eigenvalue weighted by atomic mass is 10.1. The van der Waals surface area contributed by atoms with E-state index in [1.54, 1.807) is 11.8 Å². The predicted octanol–water partition coefficient (Wildman–Crippen LogP) is 3.97. The first-order chi connectivity index (χ1) is 8.70. The molecule has 2 nitrogen and oxygen atoms in total. The number of anilines is 1. The van der Waals surface area contributed by atoms with Gasteiger partial charge in [0.2, 0.25) is 0 Å². The molecule has 2 aromatic carbocycles. The molecule has 0 aliphatic rings. The van der Waals surface area contributed by atoms with Gasteiger partial charge in [-0.2, -0.15) is 0 Å². The molecule has 0 atom stereocenters. The van der Waals surface area contributed by atoms with Crippen LogP contribution in [0.15, 0.2) is 53.4 Å². The smallest absolute Gasteiger partial charge is 0.255 e. The summed E-state index contributed by atoms with van der Waals surface area (Å²) >= 11 is 1.62. The first kappa shape index (κ1) is 12.7. The monoisotopic (exact) mass is 257 g/mol. The molecular formula is C15H15NOS. The van der Waals surface area contributed by atoms with E-state index in [1.807, 2.05) is 61.7 Å². The van der Waals surface area contributed by atoms with Crippen LogP contribution in [0.25, 0.3) is 0 Å². The summed E-state index contributed by atoms with van der Waals surface area (Å²) in [4.78, 5) is 13.2. The zero-order chi connectivity index (χ0) is 13.0. The van der Waals surface area contributed by atoms with E-state index in [0.717, 1.165) is 16.1 Å². The highest BCUT2D eigenvalue weighted by molar-refractivity contribution is 7.98. The lowest BCUT2D eigenvalue weighted by Gasteiger charge is -2.09. The van der Waals surface area contributed by atoms with E-state index in [0.29, 0.717) is 5.56 Å². The summed E-state index contributed by atoms with van der Waals surface area (Å²) < 4.78 is 0. The molecule has 0 unspecified atom stereocenters. The van der Waals surface area contributed by atoms with Crippen LogP contribution in [0, 0.1) is 6.92 Å². The van der Waals surface area contributed by atoms with Crippen molar-refractivity contribution in [3.8, 4) is 0 Å². The lowest BCUT2D eigenvalue weighted by Crippen LogP contribution is -2.12. The van der Waals surface area contributed by atoms with Crippen LogP contribution in [0.4, 0.5) is 5.69 Å². The third kappa shape index (κ3) is 2.93. The minimum Gasteiger partial charge on any atom is -0.321 e. The molecule has 0 fully saturated rings. The third-order valence-corrected chi connectivity index (χ3v) is 3.43. The Bertz CT molecular complexity index is 566. The van der Waals surface area contributed by atoms with Gasteiger partial charge in [-0.05, 0) is 37.4 Å². The van der Waals surface area contributed by atoms with Crippen LogP contribution in [0.3, 0.4) is 0 Å². The van der Waals surface area contributed by atoms with Crippen molar-refractivity contribution in [3.05, 3.63) is 59.7 Å². The molecular weight excluding hydrogens is 242 g/mol. The van der Waals surface area contributed by atoms with Crippen LogP contribution in [-0.2, 0) is 0 Å². The Balaban J connectivity index is 2.21. The Kier molecular flexibility index (Phi) is 4.05. The summed E-state index contributed by atoms with van der Waals surface area (Å²) in [6.07, 6.45) is 2.00. The largest absolute Gasteiger partial charge is 0.321 e. The van der Waals surface area contributed by atoms with Gasteiger partial charge in [0.1, 0.15) is 0 Å². The number of nitrogens with one attached hydrogen (secondary N) is 1. The number of thioether (sulfide) groups is 1. The van der Waals surface area contributed by atoms with Gasteiger partial charge in [-0.3, -0.25) is 4.79 Å². The van der Waals surface area contributed by atoms with Crippen molar-refractivity contribution < 1.29 is 4.79 Å². The number of aryl methyl sites for hydroxylation is 1. The standard InChI is InChI=1S/C15H15NOS/c1-11-6-5-7-12(10-11)15(17)16-13-8-3-4-9-14(13)18-2/h3-10H,1-2H3,(H,16,17). The lowest BCUT2D eigenvalue weighted by molar-refractivity contribution is 0.102. The molecule has 0 saturated heterocycles. The maximum atomic E-state index is 12.1. The topological polar surface area (TPSA) is 29.1 Å². The fourth-order valence-electron chi connectivity index (χ4n) is 1.73. The van der Waals surface area contributed by atoms with E-state index in [4.69, 9.17) is 0 Å². The van der Waals surface area contributed by atoms with Gasteiger partial charge in [-0.1, -0.05) is 29.8 Å². The second-order valence-corrected chi connectivity index (χ2v) is 4.87. The molecule has 18 heavy (non-hydrogen) atoms. The summed E-state index contributed by atoms with van der Waals surface area (Å²) in [6, 6.07) is 15.4. The number of benzene rings is 2. The van der Waals surface area contributed by atoms with E-state index in [2.05, 4.69) is 5.32 Å². The number of para-hydroxylation sites is 1. The molecule has 0 aliphatic carbocycles. The SMILES string of the molecule is CSc1ccccc1NC(=O)c1cccc(C)c1. The molecule has 3 heteroatoms. The number of hydrogen-bond acceptors (Lipinski definition) is 2. The predicted molar refractivity (Wildman–Crippen MR) is 77.4 cm³/mol. The molecule has 92 valence electrons. The van der Waals surface area contributed by atoms with Crippen molar-refractivity contribution in [3.63, 3.8) is 0 Å². The van der Waals surface area contributed by atoms with Crippen LogP contribution in [0.5, 0.6) is 0 Å². The molecule has 0 aliphatic heterocycles. The number of rotatable bonds is 3.